The third kappa shape index (κ3) is 17.7. The minimum atomic E-state index is 0. The largest absolute Gasteiger partial charge is 1.00 e. The van der Waals surface area contributed by atoms with Crippen molar-refractivity contribution in [2.24, 2.45) is 0 Å². The van der Waals surface area contributed by atoms with Gasteiger partial charge in [-0.05, 0) is 18.9 Å². The van der Waals surface area contributed by atoms with E-state index >= 15 is 0 Å². The first-order chi connectivity index (χ1) is 12.8. The van der Waals surface area contributed by atoms with Crippen LogP contribution in [0.5, 0.6) is 0 Å². The molecule has 0 aromatic carbocycles. The molecule has 0 atom stereocenters. The Bertz CT molecular complexity index is 401. The Hall–Kier alpha value is -0.120. The molecule has 0 saturated heterocycles. The van der Waals surface area contributed by atoms with Gasteiger partial charge in [-0.3, -0.25) is 0 Å². The third-order valence-corrected chi connectivity index (χ3v) is 5.58. The molecule has 0 unspecified atom stereocenters. The molecule has 0 N–H and O–H groups in total. The van der Waals surface area contributed by atoms with Crippen LogP contribution in [0.1, 0.15) is 122 Å². The van der Waals surface area contributed by atoms with Gasteiger partial charge in [0.05, 0.1) is 0 Å². The van der Waals surface area contributed by atoms with Gasteiger partial charge in [-0.25, -0.2) is 4.57 Å². The summed E-state index contributed by atoms with van der Waals surface area (Å²) in [7, 11) is 0. The summed E-state index contributed by atoms with van der Waals surface area (Å²) >= 11 is 0. The fourth-order valence-corrected chi connectivity index (χ4v) is 3.70. The van der Waals surface area contributed by atoms with Crippen LogP contribution >= 0.6 is 0 Å². The van der Waals surface area contributed by atoms with Crippen molar-refractivity contribution in [3.8, 4) is 0 Å². The van der Waals surface area contributed by atoms with E-state index in [4.69, 9.17) is 0 Å². The topological polar surface area (TPSA) is 3.88 Å². The smallest absolute Gasteiger partial charge is 0.169 e. The van der Waals surface area contributed by atoms with Gasteiger partial charge in [-0.15, -0.1) is 0 Å². The number of hydrogen-bond acceptors (Lipinski definition) is 0. The summed E-state index contributed by atoms with van der Waals surface area (Å²) in [5, 5.41) is 0. The van der Waals surface area contributed by atoms with E-state index in [0.29, 0.717) is 0 Å². The zero-order chi connectivity index (χ0) is 18.7. The van der Waals surface area contributed by atoms with E-state index in [0.717, 1.165) is 0 Å². The first kappa shape index (κ1) is 26.9. The van der Waals surface area contributed by atoms with Crippen molar-refractivity contribution >= 4 is 0 Å². The molecule has 158 valence electrons. The third-order valence-electron chi connectivity index (χ3n) is 5.58. The molecule has 0 saturated carbocycles. The van der Waals surface area contributed by atoms with Crippen LogP contribution in [0.25, 0.3) is 0 Å². The molecule has 0 fully saturated rings. The molecule has 0 amide bonds. The molecule has 1 aromatic rings. The van der Waals surface area contributed by atoms with Crippen molar-refractivity contribution in [3.05, 3.63) is 30.1 Å². The highest BCUT2D eigenvalue weighted by Gasteiger charge is 1.99. The van der Waals surface area contributed by atoms with Crippen molar-refractivity contribution in [1.29, 1.82) is 0 Å². The summed E-state index contributed by atoms with van der Waals surface area (Å²) in [6.07, 6.45) is 29.0. The molecular weight excluding hydrogens is 441 g/mol. The second-order valence-electron chi connectivity index (χ2n) is 8.27. The lowest BCUT2D eigenvalue weighted by Crippen LogP contribution is -3.00. The van der Waals surface area contributed by atoms with Gasteiger partial charge >= 0.3 is 0 Å². The predicted octanol–water partition coefficient (Wildman–Crippen LogP) is 4.94. The number of nitrogens with zero attached hydrogens (tertiary/aromatic N) is 1. The van der Waals surface area contributed by atoms with Gasteiger partial charge in [0.15, 0.2) is 12.4 Å². The number of unbranched alkanes of at least 4 members (excludes halogenated alkanes) is 16. The second kappa shape index (κ2) is 20.6. The lowest BCUT2D eigenvalue weighted by atomic mass is 10.0. The molecule has 0 bridgehead atoms. The summed E-state index contributed by atoms with van der Waals surface area (Å²) < 4.78 is 2.32. The highest BCUT2D eigenvalue weighted by atomic mass is 127. The van der Waals surface area contributed by atoms with E-state index in [1.54, 1.807) is 0 Å². The Morgan fingerprint density at radius 1 is 0.556 bits per heavy atom. The molecule has 1 aromatic heterocycles. The number of hydrogen-bond donors (Lipinski definition) is 0. The van der Waals surface area contributed by atoms with Crippen molar-refractivity contribution in [1.82, 2.24) is 0 Å². The average Bonchev–Trinajstić information content (AvgIpc) is 2.66. The summed E-state index contributed by atoms with van der Waals surface area (Å²) in [5.41, 5.74) is 1.35. The second-order valence-corrected chi connectivity index (χ2v) is 8.27. The lowest BCUT2D eigenvalue weighted by molar-refractivity contribution is -0.697. The van der Waals surface area contributed by atoms with Gasteiger partial charge in [0.2, 0.25) is 0 Å². The van der Waals surface area contributed by atoms with Crippen molar-refractivity contribution < 1.29 is 28.5 Å². The molecule has 0 aliphatic carbocycles. The van der Waals surface area contributed by atoms with Crippen molar-refractivity contribution in [3.63, 3.8) is 0 Å². The van der Waals surface area contributed by atoms with E-state index in [1.807, 2.05) is 0 Å². The highest BCUT2D eigenvalue weighted by molar-refractivity contribution is 5.03. The van der Waals surface area contributed by atoms with Crippen molar-refractivity contribution in [2.45, 2.75) is 130 Å². The Morgan fingerprint density at radius 3 is 1.26 bits per heavy atom. The minimum absolute atomic E-state index is 0. The zero-order valence-corrected chi connectivity index (χ0v) is 20.5. The number of rotatable bonds is 18. The maximum absolute atomic E-state index is 2.32. The van der Waals surface area contributed by atoms with Gasteiger partial charge in [-0.2, -0.15) is 0 Å². The molecule has 1 heterocycles. The monoisotopic (exact) mass is 487 g/mol. The van der Waals surface area contributed by atoms with Gasteiger partial charge < -0.3 is 24.0 Å². The molecule has 1 nitrogen and oxygen atoms in total. The van der Waals surface area contributed by atoms with Crippen molar-refractivity contribution in [2.75, 3.05) is 0 Å². The predicted molar refractivity (Wildman–Crippen MR) is 116 cm³/mol. The van der Waals surface area contributed by atoms with Crippen LogP contribution in [0.3, 0.4) is 0 Å². The van der Waals surface area contributed by atoms with Crippen LogP contribution in [-0.2, 0) is 6.54 Å². The van der Waals surface area contributed by atoms with E-state index in [-0.39, 0.29) is 24.0 Å². The SMILES string of the molecule is CCCCCCCCCCCCCCCCCCC[n+]1ccc(C)cc1.[I-]. The van der Waals surface area contributed by atoms with Crippen LogP contribution in [-0.4, -0.2) is 0 Å². The van der Waals surface area contributed by atoms with Crippen LogP contribution < -0.4 is 28.5 Å². The fourth-order valence-electron chi connectivity index (χ4n) is 3.70. The maximum atomic E-state index is 2.32. The molecular formula is C25H46IN. The van der Waals surface area contributed by atoms with Crippen LogP contribution in [0, 0.1) is 6.92 Å². The number of halogens is 1. The maximum Gasteiger partial charge on any atom is 0.169 e. The first-order valence-electron chi connectivity index (χ1n) is 11.8. The quantitative estimate of drug-likeness (QED) is 0.157. The number of aryl methyl sites for hydroxylation is 2. The van der Waals surface area contributed by atoms with Gasteiger partial charge in [-0.1, -0.05) is 103 Å². The Kier molecular flexibility index (Phi) is 20.5. The van der Waals surface area contributed by atoms with E-state index in [1.165, 1.54) is 121 Å². The summed E-state index contributed by atoms with van der Waals surface area (Å²) in [6, 6.07) is 4.40. The first-order valence-corrected chi connectivity index (χ1v) is 11.8. The molecule has 2 heteroatoms. The van der Waals surface area contributed by atoms with Gasteiger partial charge in [0, 0.05) is 18.6 Å². The minimum Gasteiger partial charge on any atom is -1.00 e. The van der Waals surface area contributed by atoms with E-state index in [2.05, 4.69) is 42.9 Å². The number of pyridine rings is 1. The molecule has 0 spiro atoms. The summed E-state index contributed by atoms with van der Waals surface area (Å²) in [4.78, 5) is 0. The number of aromatic nitrogens is 1. The van der Waals surface area contributed by atoms with E-state index in [9.17, 15) is 0 Å². The summed E-state index contributed by atoms with van der Waals surface area (Å²) in [6.45, 7) is 5.63. The highest BCUT2D eigenvalue weighted by Crippen LogP contribution is 2.14. The Morgan fingerprint density at radius 2 is 0.889 bits per heavy atom. The Labute approximate surface area is 187 Å². The van der Waals surface area contributed by atoms with Crippen LogP contribution in [0.15, 0.2) is 24.5 Å². The van der Waals surface area contributed by atoms with Crippen LogP contribution in [0.4, 0.5) is 0 Å². The molecule has 27 heavy (non-hydrogen) atoms. The van der Waals surface area contributed by atoms with Gasteiger partial charge in [0.25, 0.3) is 0 Å². The Balaban J connectivity index is 0.00000676. The zero-order valence-electron chi connectivity index (χ0n) is 18.4. The van der Waals surface area contributed by atoms with Crippen LogP contribution in [0.2, 0.25) is 0 Å². The van der Waals surface area contributed by atoms with E-state index < -0.39 is 0 Å². The standard InChI is InChI=1S/C25H46N.HI/c1-3-4-5-6-7-8-9-10-11-12-13-14-15-16-17-18-19-22-26-23-20-25(2)21-24-26;/h20-21,23-24H,3-19,22H2,1-2H3;1H/q+1;/p-1. The molecule has 0 aliphatic rings. The molecule has 0 radical (unpaired) electrons. The normalized spacial score (nSPS) is 10.7. The molecule has 1 rings (SSSR count). The average molecular weight is 488 g/mol. The summed E-state index contributed by atoms with van der Waals surface area (Å²) in [5.74, 6) is 0. The lowest BCUT2D eigenvalue weighted by Gasteiger charge is -2.03. The fraction of sp³-hybridized carbons (Fsp3) is 0.800. The molecule has 0 aliphatic heterocycles. The van der Waals surface area contributed by atoms with Gasteiger partial charge in [0.1, 0.15) is 6.54 Å².